The molecule has 132 valence electrons. The molecule has 9 heteroatoms. The van der Waals surface area contributed by atoms with Gasteiger partial charge in [0.05, 0.1) is 10.0 Å². The van der Waals surface area contributed by atoms with E-state index < -0.39 is 17.9 Å². The van der Waals surface area contributed by atoms with E-state index in [1.807, 2.05) is 0 Å². The Morgan fingerprint density at radius 1 is 1.40 bits per heavy atom. The predicted octanol–water partition coefficient (Wildman–Crippen LogP) is 3.03. The number of carboxylic acids is 1. The van der Waals surface area contributed by atoms with E-state index in [-0.39, 0.29) is 12.2 Å². The van der Waals surface area contributed by atoms with Crippen molar-refractivity contribution in [2.45, 2.75) is 25.8 Å². The van der Waals surface area contributed by atoms with E-state index in [4.69, 9.17) is 23.2 Å². The van der Waals surface area contributed by atoms with Crippen molar-refractivity contribution < 1.29 is 14.7 Å². The molecule has 0 aliphatic heterocycles. The number of halogens is 2. The van der Waals surface area contributed by atoms with Crippen LogP contribution in [0.2, 0.25) is 10.0 Å². The number of carbonyl (C=O) groups is 2. The van der Waals surface area contributed by atoms with E-state index in [2.05, 4.69) is 22.0 Å². The fourth-order valence-electron chi connectivity index (χ4n) is 2.15. The number of hydrogen-bond acceptors (Lipinski definition) is 4. The van der Waals surface area contributed by atoms with E-state index in [9.17, 15) is 14.7 Å². The molecule has 1 atom stereocenters. The molecule has 1 aromatic carbocycles. The molecule has 0 fully saturated rings. The standard InChI is InChI=1S/C16H16Cl2N4O3/c1-3-4-8-12(16(24)25)20-15(23)14-19-9(2)22(21-14)13-10(17)6-5-7-11(13)18/h3,5-7,12H,1,4,8H2,2H3,(H,20,23)(H,24,25). The van der Waals surface area contributed by atoms with Crippen LogP contribution in [-0.2, 0) is 4.79 Å². The van der Waals surface area contributed by atoms with Crippen LogP contribution in [0.5, 0.6) is 0 Å². The summed E-state index contributed by atoms with van der Waals surface area (Å²) in [5.74, 6) is -1.61. The first-order valence-electron chi connectivity index (χ1n) is 7.37. The largest absolute Gasteiger partial charge is 0.480 e. The summed E-state index contributed by atoms with van der Waals surface area (Å²) in [7, 11) is 0. The van der Waals surface area contributed by atoms with Gasteiger partial charge in [0.25, 0.3) is 5.91 Å². The Labute approximate surface area is 154 Å². The third-order valence-corrected chi connectivity index (χ3v) is 3.99. The number of amides is 1. The zero-order valence-corrected chi connectivity index (χ0v) is 14.9. The fourth-order valence-corrected chi connectivity index (χ4v) is 2.71. The van der Waals surface area contributed by atoms with Gasteiger partial charge in [0.2, 0.25) is 5.82 Å². The average Bonchev–Trinajstić information content (AvgIpc) is 2.92. The third-order valence-electron chi connectivity index (χ3n) is 3.38. The number of aryl methyl sites for hydroxylation is 1. The molecule has 0 spiro atoms. The Kier molecular flexibility index (Phi) is 6.17. The molecular formula is C16H16Cl2N4O3. The summed E-state index contributed by atoms with van der Waals surface area (Å²) in [5.41, 5.74) is 0.399. The van der Waals surface area contributed by atoms with E-state index in [1.165, 1.54) is 4.68 Å². The Balaban J connectivity index is 2.28. The number of para-hydroxylation sites is 1. The highest BCUT2D eigenvalue weighted by atomic mass is 35.5. The van der Waals surface area contributed by atoms with Gasteiger partial charge in [-0.05, 0) is 31.9 Å². The summed E-state index contributed by atoms with van der Waals surface area (Å²) in [6.45, 7) is 5.17. The summed E-state index contributed by atoms with van der Waals surface area (Å²) in [6.07, 6.45) is 2.26. The van der Waals surface area contributed by atoms with Crippen molar-refractivity contribution in [3.05, 3.63) is 52.5 Å². The Morgan fingerprint density at radius 2 is 2.04 bits per heavy atom. The van der Waals surface area contributed by atoms with Crippen molar-refractivity contribution in [1.29, 1.82) is 0 Å². The second kappa shape index (κ2) is 8.13. The van der Waals surface area contributed by atoms with Crippen molar-refractivity contribution in [2.24, 2.45) is 0 Å². The number of nitrogens with one attached hydrogen (secondary N) is 1. The first kappa shape index (κ1) is 19.0. The summed E-state index contributed by atoms with van der Waals surface area (Å²) in [4.78, 5) is 27.6. The Hall–Kier alpha value is -2.38. The molecule has 25 heavy (non-hydrogen) atoms. The van der Waals surface area contributed by atoms with Gasteiger partial charge in [-0.25, -0.2) is 14.5 Å². The van der Waals surface area contributed by atoms with Gasteiger partial charge < -0.3 is 10.4 Å². The second-order valence-corrected chi connectivity index (χ2v) is 6.01. The van der Waals surface area contributed by atoms with E-state index in [0.717, 1.165) is 0 Å². The number of carbonyl (C=O) groups excluding carboxylic acids is 1. The zero-order chi connectivity index (χ0) is 18.6. The zero-order valence-electron chi connectivity index (χ0n) is 13.4. The van der Waals surface area contributed by atoms with Crippen LogP contribution in [0.1, 0.15) is 29.3 Å². The van der Waals surface area contributed by atoms with Crippen LogP contribution < -0.4 is 5.32 Å². The van der Waals surface area contributed by atoms with Crippen molar-refractivity contribution in [3.8, 4) is 5.69 Å². The highest BCUT2D eigenvalue weighted by Gasteiger charge is 2.24. The van der Waals surface area contributed by atoms with Gasteiger partial charge in [-0.1, -0.05) is 35.3 Å². The van der Waals surface area contributed by atoms with Crippen LogP contribution in [0.4, 0.5) is 0 Å². The van der Waals surface area contributed by atoms with Crippen molar-refractivity contribution in [3.63, 3.8) is 0 Å². The lowest BCUT2D eigenvalue weighted by Gasteiger charge is -2.12. The third kappa shape index (κ3) is 4.37. The molecule has 2 aromatic rings. The topological polar surface area (TPSA) is 97.1 Å². The lowest BCUT2D eigenvalue weighted by molar-refractivity contribution is -0.139. The molecule has 0 saturated heterocycles. The normalized spacial score (nSPS) is 11.8. The Morgan fingerprint density at radius 3 is 2.60 bits per heavy atom. The van der Waals surface area contributed by atoms with Gasteiger partial charge in [-0.3, -0.25) is 4.79 Å². The number of carboxylic acid groups (broad SMARTS) is 1. The molecule has 1 aromatic heterocycles. The van der Waals surface area contributed by atoms with Crippen molar-refractivity contribution in [1.82, 2.24) is 20.1 Å². The smallest absolute Gasteiger partial charge is 0.326 e. The maximum atomic E-state index is 12.3. The summed E-state index contributed by atoms with van der Waals surface area (Å²) < 4.78 is 1.35. The molecule has 0 bridgehead atoms. The summed E-state index contributed by atoms with van der Waals surface area (Å²) >= 11 is 12.3. The number of aliphatic carboxylic acids is 1. The number of nitrogens with zero attached hydrogens (tertiary/aromatic N) is 3. The molecule has 0 aliphatic rings. The number of allylic oxidation sites excluding steroid dienone is 1. The lowest BCUT2D eigenvalue weighted by Crippen LogP contribution is -2.41. The first-order valence-corrected chi connectivity index (χ1v) is 8.13. The first-order chi connectivity index (χ1) is 11.8. The van der Waals surface area contributed by atoms with Crippen LogP contribution in [0.15, 0.2) is 30.9 Å². The minimum atomic E-state index is -1.14. The van der Waals surface area contributed by atoms with Gasteiger partial charge in [0.1, 0.15) is 17.6 Å². The van der Waals surface area contributed by atoms with Crippen LogP contribution in [-0.4, -0.2) is 37.8 Å². The molecule has 1 heterocycles. The van der Waals surface area contributed by atoms with E-state index >= 15 is 0 Å². The number of aromatic nitrogens is 3. The van der Waals surface area contributed by atoms with Gasteiger partial charge in [-0.2, -0.15) is 0 Å². The van der Waals surface area contributed by atoms with E-state index in [1.54, 1.807) is 31.2 Å². The second-order valence-electron chi connectivity index (χ2n) is 5.20. The summed E-state index contributed by atoms with van der Waals surface area (Å²) in [6, 6.07) is 3.91. The molecule has 2 rings (SSSR count). The van der Waals surface area contributed by atoms with E-state index in [0.29, 0.717) is 28.0 Å². The van der Waals surface area contributed by atoms with Gasteiger partial charge in [-0.15, -0.1) is 11.7 Å². The van der Waals surface area contributed by atoms with Crippen molar-refractivity contribution >= 4 is 35.1 Å². The number of hydrogen-bond donors (Lipinski definition) is 2. The quantitative estimate of drug-likeness (QED) is 0.717. The lowest BCUT2D eigenvalue weighted by atomic mass is 10.1. The molecule has 2 N–H and O–H groups in total. The monoisotopic (exact) mass is 382 g/mol. The van der Waals surface area contributed by atoms with Crippen LogP contribution in [0, 0.1) is 6.92 Å². The van der Waals surface area contributed by atoms with Crippen LogP contribution >= 0.6 is 23.2 Å². The molecule has 0 radical (unpaired) electrons. The van der Waals surface area contributed by atoms with Gasteiger partial charge >= 0.3 is 5.97 Å². The predicted molar refractivity (Wildman–Crippen MR) is 94.4 cm³/mol. The molecule has 1 unspecified atom stereocenters. The maximum absolute atomic E-state index is 12.3. The highest BCUT2D eigenvalue weighted by molar-refractivity contribution is 6.37. The van der Waals surface area contributed by atoms with Crippen molar-refractivity contribution in [2.75, 3.05) is 0 Å². The number of rotatable bonds is 7. The molecule has 0 saturated carbocycles. The molecular weight excluding hydrogens is 367 g/mol. The SMILES string of the molecule is C=CCCC(NC(=O)c1nc(C)n(-c2c(Cl)cccc2Cl)n1)C(=O)O. The van der Waals surface area contributed by atoms with Crippen LogP contribution in [0.25, 0.3) is 5.69 Å². The molecule has 0 aliphatic carbocycles. The maximum Gasteiger partial charge on any atom is 0.326 e. The summed E-state index contributed by atoms with van der Waals surface area (Å²) in [5, 5.41) is 16.4. The number of benzene rings is 1. The Bertz CT molecular complexity index is 799. The van der Waals surface area contributed by atoms with Crippen LogP contribution in [0.3, 0.4) is 0 Å². The fraction of sp³-hybridized carbons (Fsp3) is 0.250. The minimum absolute atomic E-state index is 0.168. The molecule has 7 nitrogen and oxygen atoms in total. The average molecular weight is 383 g/mol. The minimum Gasteiger partial charge on any atom is -0.480 e. The van der Waals surface area contributed by atoms with Gasteiger partial charge in [0.15, 0.2) is 0 Å². The highest BCUT2D eigenvalue weighted by Crippen LogP contribution is 2.28. The molecule has 1 amide bonds. The van der Waals surface area contributed by atoms with Gasteiger partial charge in [0, 0.05) is 0 Å².